The highest BCUT2D eigenvalue weighted by Crippen LogP contribution is 1.96. The number of hydrogen-bond acceptors (Lipinski definition) is 3. The highest BCUT2D eigenvalue weighted by Gasteiger charge is 2.03. The van der Waals surface area contributed by atoms with E-state index in [2.05, 4.69) is 5.32 Å². The highest BCUT2D eigenvalue weighted by molar-refractivity contribution is 5.96. The molecule has 0 aromatic carbocycles. The molecule has 0 fully saturated rings. The van der Waals surface area contributed by atoms with Gasteiger partial charge in [-0.2, -0.15) is 0 Å². The first-order chi connectivity index (χ1) is 7.43. The van der Waals surface area contributed by atoms with Gasteiger partial charge in [-0.3, -0.25) is 14.4 Å². The average molecular weight is 226 g/mol. The van der Waals surface area contributed by atoms with Gasteiger partial charge in [0.05, 0.1) is 6.42 Å². The Labute approximate surface area is 95.1 Å². The molecule has 5 nitrogen and oxygen atoms in total. The molecule has 5 heteroatoms. The number of nitrogens with two attached hydrogens (primary N) is 1. The van der Waals surface area contributed by atoms with Gasteiger partial charge in [-0.25, -0.2) is 0 Å². The summed E-state index contributed by atoms with van der Waals surface area (Å²) in [5.74, 6) is -0.842. The summed E-state index contributed by atoms with van der Waals surface area (Å²) in [6, 6.07) is 0. The normalized spacial score (nSPS) is 11.0. The second kappa shape index (κ2) is 7.62. The maximum absolute atomic E-state index is 11.0. The molecule has 0 saturated carbocycles. The van der Waals surface area contributed by atoms with Crippen molar-refractivity contribution in [3.8, 4) is 0 Å². The van der Waals surface area contributed by atoms with Crippen molar-refractivity contribution in [3.05, 3.63) is 11.6 Å². The van der Waals surface area contributed by atoms with Crippen LogP contribution in [0.5, 0.6) is 0 Å². The smallest absolute Gasteiger partial charge is 0.244 e. The summed E-state index contributed by atoms with van der Waals surface area (Å²) in [5, 5.41) is 2.61. The number of ketones is 1. The van der Waals surface area contributed by atoms with Crippen LogP contribution >= 0.6 is 0 Å². The third kappa shape index (κ3) is 7.73. The molecule has 0 unspecified atom stereocenters. The zero-order valence-corrected chi connectivity index (χ0v) is 9.71. The molecule has 0 aliphatic rings. The van der Waals surface area contributed by atoms with Crippen molar-refractivity contribution in [1.82, 2.24) is 5.32 Å². The summed E-state index contributed by atoms with van der Waals surface area (Å²) in [6.45, 7) is 3.52. The Morgan fingerprint density at radius 3 is 2.38 bits per heavy atom. The second-order valence-corrected chi connectivity index (χ2v) is 3.62. The molecular weight excluding hydrogens is 208 g/mol. The number of amides is 2. The molecule has 0 spiro atoms. The van der Waals surface area contributed by atoms with E-state index in [0.717, 1.165) is 0 Å². The van der Waals surface area contributed by atoms with Gasteiger partial charge < -0.3 is 11.1 Å². The molecule has 0 aromatic heterocycles. The molecule has 0 bridgehead atoms. The van der Waals surface area contributed by atoms with E-state index in [0.29, 0.717) is 25.0 Å². The average Bonchev–Trinajstić information content (AvgIpc) is 2.15. The molecule has 0 aromatic rings. The molecule has 0 heterocycles. The van der Waals surface area contributed by atoms with E-state index in [9.17, 15) is 14.4 Å². The van der Waals surface area contributed by atoms with Gasteiger partial charge in [0.25, 0.3) is 0 Å². The number of carbonyl (C=O) groups is 3. The Balaban J connectivity index is 3.61. The lowest BCUT2D eigenvalue weighted by Crippen LogP contribution is -2.25. The zero-order valence-electron chi connectivity index (χ0n) is 9.71. The number of nitrogens with one attached hydrogen (secondary N) is 1. The fourth-order valence-corrected chi connectivity index (χ4v) is 1.04. The van der Waals surface area contributed by atoms with Crippen molar-refractivity contribution in [1.29, 1.82) is 0 Å². The van der Waals surface area contributed by atoms with Crippen molar-refractivity contribution in [2.75, 3.05) is 6.54 Å². The van der Waals surface area contributed by atoms with Crippen LogP contribution < -0.4 is 11.1 Å². The molecule has 0 saturated heterocycles. The third-order valence-electron chi connectivity index (χ3n) is 1.95. The van der Waals surface area contributed by atoms with Crippen LogP contribution in [0.3, 0.4) is 0 Å². The lowest BCUT2D eigenvalue weighted by atomic mass is 10.2. The molecule has 0 atom stereocenters. The van der Waals surface area contributed by atoms with Crippen molar-refractivity contribution in [2.45, 2.75) is 33.1 Å². The van der Waals surface area contributed by atoms with Crippen molar-refractivity contribution < 1.29 is 14.4 Å². The van der Waals surface area contributed by atoms with E-state index >= 15 is 0 Å². The predicted molar refractivity (Wildman–Crippen MR) is 60.5 cm³/mol. The Kier molecular flexibility index (Phi) is 6.83. The second-order valence-electron chi connectivity index (χ2n) is 3.62. The van der Waals surface area contributed by atoms with Crippen LogP contribution in [0.4, 0.5) is 0 Å². The van der Waals surface area contributed by atoms with Gasteiger partial charge in [-0.15, -0.1) is 0 Å². The van der Waals surface area contributed by atoms with Crippen LogP contribution in [-0.4, -0.2) is 24.1 Å². The highest BCUT2D eigenvalue weighted by atomic mass is 16.2. The minimum atomic E-state index is -0.430. The molecule has 2 amide bonds. The Morgan fingerprint density at radius 2 is 1.88 bits per heavy atom. The maximum Gasteiger partial charge on any atom is 0.244 e. The number of carbonyl (C=O) groups excluding carboxylic acids is 3. The van der Waals surface area contributed by atoms with E-state index in [-0.39, 0.29) is 18.1 Å². The van der Waals surface area contributed by atoms with E-state index < -0.39 is 5.91 Å². The molecule has 3 N–H and O–H groups in total. The fourth-order valence-electron chi connectivity index (χ4n) is 1.04. The molecule has 0 rings (SSSR count). The lowest BCUT2D eigenvalue weighted by Gasteiger charge is -2.02. The fraction of sp³-hybridized carbons (Fsp3) is 0.545. The summed E-state index contributed by atoms with van der Waals surface area (Å²) in [7, 11) is 0. The SMILES string of the molecule is CC(=O)CC(=O)NCCCC=C(C)C(N)=O. The third-order valence-corrected chi connectivity index (χ3v) is 1.95. The quantitative estimate of drug-likeness (QED) is 0.371. The summed E-state index contributed by atoms with van der Waals surface area (Å²) < 4.78 is 0. The maximum atomic E-state index is 11.0. The molecule has 0 aliphatic heterocycles. The molecule has 16 heavy (non-hydrogen) atoms. The van der Waals surface area contributed by atoms with Crippen LogP contribution in [0.15, 0.2) is 11.6 Å². The van der Waals surface area contributed by atoms with E-state index in [4.69, 9.17) is 5.73 Å². The van der Waals surface area contributed by atoms with Gasteiger partial charge in [0.2, 0.25) is 11.8 Å². The van der Waals surface area contributed by atoms with Crippen LogP contribution in [-0.2, 0) is 14.4 Å². The first-order valence-electron chi connectivity index (χ1n) is 5.16. The van der Waals surface area contributed by atoms with Crippen molar-refractivity contribution in [3.63, 3.8) is 0 Å². The van der Waals surface area contributed by atoms with Gasteiger partial charge >= 0.3 is 0 Å². The summed E-state index contributed by atoms with van der Waals surface area (Å²) >= 11 is 0. The number of unbranched alkanes of at least 4 members (excludes halogenated alkanes) is 1. The zero-order chi connectivity index (χ0) is 12.6. The van der Waals surface area contributed by atoms with Gasteiger partial charge in [-0.1, -0.05) is 6.08 Å². The minimum Gasteiger partial charge on any atom is -0.366 e. The number of Topliss-reactive ketones (excluding diaryl/α,β-unsaturated/α-hetero) is 1. The van der Waals surface area contributed by atoms with Gasteiger partial charge in [0.1, 0.15) is 5.78 Å². The minimum absolute atomic E-state index is 0.0733. The Morgan fingerprint density at radius 1 is 1.25 bits per heavy atom. The van der Waals surface area contributed by atoms with E-state index in [1.807, 2.05) is 0 Å². The first kappa shape index (κ1) is 14.3. The number of primary amides is 1. The predicted octanol–water partition coefficient (Wildman–Crippen LogP) is 0.293. The van der Waals surface area contributed by atoms with E-state index in [1.54, 1.807) is 13.0 Å². The van der Waals surface area contributed by atoms with Gasteiger partial charge in [-0.05, 0) is 26.7 Å². The number of rotatable bonds is 7. The molecule has 0 radical (unpaired) electrons. The molecule has 90 valence electrons. The lowest BCUT2D eigenvalue weighted by molar-refractivity contribution is -0.127. The van der Waals surface area contributed by atoms with Crippen LogP contribution in [0, 0.1) is 0 Å². The number of hydrogen-bond donors (Lipinski definition) is 2. The van der Waals surface area contributed by atoms with Gasteiger partial charge in [0, 0.05) is 12.1 Å². The van der Waals surface area contributed by atoms with Crippen LogP contribution in [0.25, 0.3) is 0 Å². The Hall–Kier alpha value is -1.65. The summed E-state index contributed by atoms with van der Waals surface area (Å²) in [4.78, 5) is 32.3. The molecular formula is C11H18N2O3. The monoisotopic (exact) mass is 226 g/mol. The standard InChI is InChI=1S/C11H18N2O3/c1-8(11(12)16)5-3-4-6-13-10(15)7-9(2)14/h5H,3-4,6-7H2,1-2H3,(H2,12,16)(H,13,15). The van der Waals surface area contributed by atoms with E-state index in [1.165, 1.54) is 6.92 Å². The summed E-state index contributed by atoms with van der Waals surface area (Å²) in [5.41, 5.74) is 5.56. The van der Waals surface area contributed by atoms with Crippen LogP contribution in [0.1, 0.15) is 33.1 Å². The van der Waals surface area contributed by atoms with Crippen molar-refractivity contribution in [2.24, 2.45) is 5.73 Å². The van der Waals surface area contributed by atoms with Crippen molar-refractivity contribution >= 4 is 17.6 Å². The van der Waals surface area contributed by atoms with Crippen LogP contribution in [0.2, 0.25) is 0 Å². The molecule has 0 aliphatic carbocycles. The largest absolute Gasteiger partial charge is 0.366 e. The summed E-state index contributed by atoms with van der Waals surface area (Å²) in [6.07, 6.45) is 3.05. The number of allylic oxidation sites excluding steroid dienone is 1. The van der Waals surface area contributed by atoms with Gasteiger partial charge in [0.15, 0.2) is 0 Å². The topological polar surface area (TPSA) is 89.3 Å². The first-order valence-corrected chi connectivity index (χ1v) is 5.16. The Bertz CT molecular complexity index is 308.